The van der Waals surface area contributed by atoms with Crippen LogP contribution in [0, 0.1) is 0 Å². The fourth-order valence-electron chi connectivity index (χ4n) is 3.67. The van der Waals surface area contributed by atoms with Crippen molar-refractivity contribution in [3.63, 3.8) is 0 Å². The summed E-state index contributed by atoms with van der Waals surface area (Å²) in [6, 6.07) is 4.42. The molecule has 0 N–H and O–H groups in total. The fraction of sp³-hybridized carbons (Fsp3) is 0.739. The van der Waals surface area contributed by atoms with Gasteiger partial charge in [0.05, 0.1) is 13.1 Å². The lowest BCUT2D eigenvalue weighted by atomic mass is 10.1. The van der Waals surface area contributed by atoms with E-state index in [1.54, 1.807) is 4.90 Å². The SMILES string of the molecule is CCCCCCCCC(=O)N(CCC)CC(=O)N(Cc1cccn1C)C1CC1. The highest BCUT2D eigenvalue weighted by molar-refractivity contribution is 5.85. The van der Waals surface area contributed by atoms with Crippen LogP contribution >= 0.6 is 0 Å². The first-order valence-electron chi connectivity index (χ1n) is 11.2. The number of nitrogens with zero attached hydrogens (tertiary/aromatic N) is 3. The van der Waals surface area contributed by atoms with Gasteiger partial charge in [-0.05, 0) is 37.8 Å². The molecule has 1 aliphatic rings. The van der Waals surface area contributed by atoms with Gasteiger partial charge in [-0.15, -0.1) is 0 Å². The molecule has 0 spiro atoms. The molecule has 5 nitrogen and oxygen atoms in total. The second kappa shape index (κ2) is 11.9. The molecule has 2 amide bonds. The molecular weight excluding hydrogens is 350 g/mol. The third kappa shape index (κ3) is 7.33. The van der Waals surface area contributed by atoms with Crippen LogP contribution in [0.25, 0.3) is 0 Å². The standard InChI is InChI=1S/C23H39N3O2/c1-4-6-7-8-9-10-13-22(27)25(16-5-2)19-23(28)26(20-14-15-20)18-21-12-11-17-24(21)3/h11-12,17,20H,4-10,13-16,18-19H2,1-3H3. The number of hydrogen-bond donors (Lipinski definition) is 0. The molecule has 5 heteroatoms. The number of aromatic nitrogens is 1. The van der Waals surface area contributed by atoms with Crippen LogP contribution in [0.15, 0.2) is 18.3 Å². The van der Waals surface area contributed by atoms with E-state index in [9.17, 15) is 9.59 Å². The second-order valence-electron chi connectivity index (χ2n) is 8.20. The quantitative estimate of drug-likeness (QED) is 0.440. The van der Waals surface area contributed by atoms with Gasteiger partial charge in [-0.25, -0.2) is 0 Å². The molecule has 1 saturated carbocycles. The lowest BCUT2D eigenvalue weighted by Gasteiger charge is -2.28. The molecule has 1 aromatic rings. The zero-order valence-corrected chi connectivity index (χ0v) is 18.2. The number of carbonyl (C=O) groups is 2. The van der Waals surface area contributed by atoms with E-state index < -0.39 is 0 Å². The minimum Gasteiger partial charge on any atom is -0.353 e. The summed E-state index contributed by atoms with van der Waals surface area (Å²) in [5, 5.41) is 0. The Hall–Kier alpha value is -1.78. The summed E-state index contributed by atoms with van der Waals surface area (Å²) < 4.78 is 2.07. The molecule has 0 atom stereocenters. The minimum atomic E-state index is 0.0912. The number of amides is 2. The van der Waals surface area contributed by atoms with Crippen LogP contribution in [0.2, 0.25) is 0 Å². The zero-order chi connectivity index (χ0) is 20.4. The predicted octanol–water partition coefficient (Wildman–Crippen LogP) is 4.51. The molecule has 0 aliphatic heterocycles. The minimum absolute atomic E-state index is 0.0912. The van der Waals surface area contributed by atoms with Crippen molar-refractivity contribution in [2.45, 2.75) is 90.6 Å². The lowest BCUT2D eigenvalue weighted by molar-refractivity contribution is -0.141. The van der Waals surface area contributed by atoms with Crippen molar-refractivity contribution in [1.29, 1.82) is 0 Å². The number of rotatable bonds is 14. The average Bonchev–Trinajstić information content (AvgIpc) is 3.44. The van der Waals surface area contributed by atoms with Crippen LogP contribution in [0.1, 0.15) is 83.7 Å². The summed E-state index contributed by atoms with van der Waals surface area (Å²) in [4.78, 5) is 29.5. The van der Waals surface area contributed by atoms with E-state index in [1.165, 1.54) is 25.7 Å². The first-order valence-corrected chi connectivity index (χ1v) is 11.2. The molecule has 1 fully saturated rings. The summed E-state index contributed by atoms with van der Waals surface area (Å²) in [5.74, 6) is 0.230. The van der Waals surface area contributed by atoms with Crippen molar-refractivity contribution in [2.75, 3.05) is 13.1 Å². The smallest absolute Gasteiger partial charge is 0.242 e. The van der Waals surface area contributed by atoms with E-state index in [0.29, 0.717) is 25.6 Å². The van der Waals surface area contributed by atoms with E-state index in [0.717, 1.165) is 37.8 Å². The second-order valence-corrected chi connectivity index (χ2v) is 8.20. The van der Waals surface area contributed by atoms with Gasteiger partial charge >= 0.3 is 0 Å². The molecule has 0 saturated heterocycles. The third-order valence-electron chi connectivity index (χ3n) is 5.61. The molecule has 1 aliphatic carbocycles. The molecule has 0 unspecified atom stereocenters. The topological polar surface area (TPSA) is 45.6 Å². The Morgan fingerprint density at radius 3 is 2.36 bits per heavy atom. The maximum atomic E-state index is 13.0. The maximum Gasteiger partial charge on any atom is 0.242 e. The number of carbonyl (C=O) groups excluding carboxylic acids is 2. The highest BCUT2D eigenvalue weighted by Gasteiger charge is 2.33. The van der Waals surface area contributed by atoms with E-state index >= 15 is 0 Å². The molecule has 158 valence electrons. The summed E-state index contributed by atoms with van der Waals surface area (Å²) in [5.41, 5.74) is 1.14. The Kier molecular flexibility index (Phi) is 9.59. The summed E-state index contributed by atoms with van der Waals surface area (Å²) in [6.45, 7) is 5.81. The Morgan fingerprint density at radius 1 is 1.04 bits per heavy atom. The van der Waals surface area contributed by atoms with E-state index in [-0.39, 0.29) is 18.4 Å². The summed E-state index contributed by atoms with van der Waals surface area (Å²) >= 11 is 0. The molecule has 0 bridgehead atoms. The van der Waals surface area contributed by atoms with Gasteiger partial charge in [-0.2, -0.15) is 0 Å². The zero-order valence-electron chi connectivity index (χ0n) is 18.2. The fourth-order valence-corrected chi connectivity index (χ4v) is 3.67. The van der Waals surface area contributed by atoms with Crippen molar-refractivity contribution < 1.29 is 9.59 Å². The van der Waals surface area contributed by atoms with Gasteiger partial charge in [0.15, 0.2) is 0 Å². The van der Waals surface area contributed by atoms with Crippen molar-refractivity contribution in [3.05, 3.63) is 24.0 Å². The summed E-state index contributed by atoms with van der Waals surface area (Å²) in [7, 11) is 2.01. The first kappa shape index (κ1) is 22.5. The molecule has 2 rings (SSSR count). The van der Waals surface area contributed by atoms with Crippen LogP contribution in [0.4, 0.5) is 0 Å². The van der Waals surface area contributed by atoms with Crippen LogP contribution in [-0.2, 0) is 23.2 Å². The maximum absolute atomic E-state index is 13.0. The molecular formula is C23H39N3O2. The predicted molar refractivity (Wildman–Crippen MR) is 114 cm³/mol. The highest BCUT2D eigenvalue weighted by Crippen LogP contribution is 2.28. The first-order chi connectivity index (χ1) is 13.6. The molecule has 0 radical (unpaired) electrons. The number of unbranched alkanes of at least 4 members (excludes halogenated alkanes) is 5. The lowest BCUT2D eigenvalue weighted by Crippen LogP contribution is -2.44. The van der Waals surface area contributed by atoms with Gasteiger partial charge in [0.2, 0.25) is 11.8 Å². The summed E-state index contributed by atoms with van der Waals surface area (Å²) in [6.07, 6.45) is 12.7. The molecule has 28 heavy (non-hydrogen) atoms. The van der Waals surface area contributed by atoms with E-state index in [1.807, 2.05) is 24.2 Å². The normalized spacial score (nSPS) is 13.5. The van der Waals surface area contributed by atoms with Crippen molar-refractivity contribution in [1.82, 2.24) is 14.4 Å². The van der Waals surface area contributed by atoms with Crippen LogP contribution in [0.5, 0.6) is 0 Å². The van der Waals surface area contributed by atoms with Crippen LogP contribution < -0.4 is 0 Å². The average molecular weight is 390 g/mol. The molecule has 1 heterocycles. The van der Waals surface area contributed by atoms with E-state index in [4.69, 9.17) is 0 Å². The number of hydrogen-bond acceptors (Lipinski definition) is 2. The molecule has 0 aromatic carbocycles. The van der Waals surface area contributed by atoms with Crippen molar-refractivity contribution >= 4 is 11.8 Å². The van der Waals surface area contributed by atoms with Gasteiger partial charge in [-0.1, -0.05) is 46.0 Å². The Balaban J connectivity index is 1.85. The Morgan fingerprint density at radius 2 is 1.75 bits per heavy atom. The van der Waals surface area contributed by atoms with Crippen molar-refractivity contribution in [3.8, 4) is 0 Å². The third-order valence-corrected chi connectivity index (χ3v) is 5.61. The van der Waals surface area contributed by atoms with Gasteiger partial charge in [0, 0.05) is 37.9 Å². The Bertz CT molecular complexity index is 607. The number of aryl methyl sites for hydroxylation is 1. The van der Waals surface area contributed by atoms with E-state index in [2.05, 4.69) is 24.5 Å². The van der Waals surface area contributed by atoms with Gasteiger partial charge in [-0.3, -0.25) is 9.59 Å². The van der Waals surface area contributed by atoms with Crippen LogP contribution in [-0.4, -0.2) is 45.3 Å². The van der Waals surface area contributed by atoms with Gasteiger partial charge in [0.25, 0.3) is 0 Å². The van der Waals surface area contributed by atoms with Gasteiger partial charge in [0.1, 0.15) is 0 Å². The highest BCUT2D eigenvalue weighted by atomic mass is 16.2. The molecule has 1 aromatic heterocycles. The monoisotopic (exact) mass is 389 g/mol. The largest absolute Gasteiger partial charge is 0.353 e. The van der Waals surface area contributed by atoms with Gasteiger partial charge < -0.3 is 14.4 Å². The Labute approximate surface area is 171 Å². The van der Waals surface area contributed by atoms with Crippen LogP contribution in [0.3, 0.4) is 0 Å². The van der Waals surface area contributed by atoms with Crippen molar-refractivity contribution in [2.24, 2.45) is 7.05 Å².